The van der Waals surface area contributed by atoms with Crippen LogP contribution < -0.4 is 9.64 Å². The Balaban J connectivity index is 1.68. The number of alkyl halides is 4. The Labute approximate surface area is 171 Å². The van der Waals surface area contributed by atoms with Crippen LogP contribution in [0.25, 0.3) is 0 Å². The lowest BCUT2D eigenvalue weighted by Crippen LogP contribution is -2.53. The minimum atomic E-state index is -5.11. The van der Waals surface area contributed by atoms with E-state index < -0.39 is 23.5 Å². The predicted molar refractivity (Wildman–Crippen MR) is 102 cm³/mol. The molecule has 2 aromatic rings. The number of amides is 1. The van der Waals surface area contributed by atoms with Crippen molar-refractivity contribution in [3.63, 3.8) is 0 Å². The van der Waals surface area contributed by atoms with E-state index in [1.165, 1.54) is 24.1 Å². The molecule has 2 aliphatic rings. The molecule has 0 radical (unpaired) electrons. The zero-order chi connectivity index (χ0) is 21.7. The van der Waals surface area contributed by atoms with Gasteiger partial charge in [-0.15, -0.1) is 0 Å². The minimum absolute atomic E-state index is 0.0826. The summed E-state index contributed by atoms with van der Waals surface area (Å²) >= 11 is 0. The second-order valence-corrected chi connectivity index (χ2v) is 7.73. The fourth-order valence-corrected chi connectivity index (χ4v) is 4.24. The first-order valence-electron chi connectivity index (χ1n) is 9.70. The number of carbonyl (C=O) groups is 1. The molecule has 160 valence electrons. The van der Waals surface area contributed by atoms with E-state index in [1.54, 1.807) is 24.3 Å². The monoisotopic (exact) mass is 423 g/mol. The summed E-state index contributed by atoms with van der Waals surface area (Å²) in [5.74, 6) is 0.386. The summed E-state index contributed by atoms with van der Waals surface area (Å²) in [4.78, 5) is 14.5. The molecule has 1 aliphatic carbocycles. The third kappa shape index (κ3) is 3.14. The minimum Gasteiger partial charge on any atom is -0.497 e. The molecule has 1 aliphatic heterocycles. The normalized spacial score (nSPS) is 23.1. The maximum Gasteiger partial charge on any atom is 0.424 e. The fraction of sp³-hybridized carbons (Fsp3) is 0.409. The molecule has 0 aromatic heterocycles. The van der Waals surface area contributed by atoms with Gasteiger partial charge < -0.3 is 14.7 Å². The highest BCUT2D eigenvalue weighted by Gasteiger charge is 2.68. The van der Waals surface area contributed by atoms with E-state index >= 15 is 0 Å². The second-order valence-electron chi connectivity index (χ2n) is 7.73. The third-order valence-electron chi connectivity index (χ3n) is 5.89. The van der Waals surface area contributed by atoms with Crippen molar-refractivity contribution in [2.45, 2.75) is 43.6 Å². The van der Waals surface area contributed by atoms with Gasteiger partial charge in [-0.25, -0.2) is 4.39 Å². The van der Waals surface area contributed by atoms with Crippen molar-refractivity contribution in [3.05, 3.63) is 58.7 Å². The molecule has 2 atom stereocenters. The number of methoxy groups -OCH3 is 1. The standard InChI is InChI=1S/C22H21F4NO3/c1-30-15-7-4-5-13(9-15)10-19(28)27-8-3-2-6-14-11-17-16(12-18(14)27)20(23)21(17,29)22(24,25)26/h4-5,7,9,11-12,20,29H,2-3,6,8,10H2,1H3. The summed E-state index contributed by atoms with van der Waals surface area (Å²) in [5, 5.41) is 9.97. The number of carbonyl (C=O) groups excluding carboxylic acids is 1. The molecule has 0 fully saturated rings. The quantitative estimate of drug-likeness (QED) is 0.746. The third-order valence-corrected chi connectivity index (χ3v) is 5.89. The Morgan fingerprint density at radius 2 is 2.03 bits per heavy atom. The van der Waals surface area contributed by atoms with E-state index in [0.717, 1.165) is 5.56 Å². The first kappa shape index (κ1) is 20.7. The van der Waals surface area contributed by atoms with Gasteiger partial charge >= 0.3 is 6.18 Å². The summed E-state index contributed by atoms with van der Waals surface area (Å²) in [5.41, 5.74) is -2.48. The highest BCUT2D eigenvalue weighted by Crippen LogP contribution is 2.60. The van der Waals surface area contributed by atoms with Crippen LogP contribution in [0.3, 0.4) is 0 Å². The zero-order valence-corrected chi connectivity index (χ0v) is 16.3. The van der Waals surface area contributed by atoms with E-state index in [1.807, 2.05) is 0 Å². The largest absolute Gasteiger partial charge is 0.497 e. The van der Waals surface area contributed by atoms with E-state index in [2.05, 4.69) is 0 Å². The number of ether oxygens (including phenoxy) is 1. The number of nitrogens with zero attached hydrogens (tertiary/aromatic N) is 1. The maximum atomic E-state index is 14.4. The van der Waals surface area contributed by atoms with Crippen molar-refractivity contribution in [3.8, 4) is 5.75 Å². The van der Waals surface area contributed by atoms with Gasteiger partial charge in [0.15, 0.2) is 6.17 Å². The van der Waals surface area contributed by atoms with Gasteiger partial charge in [-0.05, 0) is 60.2 Å². The summed E-state index contributed by atoms with van der Waals surface area (Å²) in [6, 6.07) is 9.58. The SMILES string of the molecule is COc1cccc(CC(=O)N2CCCCc3cc4c(cc32)C(F)C4(O)C(F)(F)F)c1. The molecular weight excluding hydrogens is 402 g/mol. The van der Waals surface area contributed by atoms with Crippen LogP contribution in [0.5, 0.6) is 5.75 Å². The van der Waals surface area contributed by atoms with Crippen molar-refractivity contribution in [1.29, 1.82) is 0 Å². The molecule has 2 aromatic carbocycles. The van der Waals surface area contributed by atoms with E-state index in [9.17, 15) is 27.5 Å². The molecule has 1 N–H and O–H groups in total. The van der Waals surface area contributed by atoms with Crippen LogP contribution in [0.4, 0.5) is 23.2 Å². The number of aryl methyl sites for hydroxylation is 1. The topological polar surface area (TPSA) is 49.8 Å². The summed E-state index contributed by atoms with van der Waals surface area (Å²) < 4.78 is 59.4. The summed E-state index contributed by atoms with van der Waals surface area (Å²) in [7, 11) is 1.53. The Bertz CT molecular complexity index is 991. The number of fused-ring (bicyclic) bond motifs is 2. The number of rotatable bonds is 3. The molecule has 30 heavy (non-hydrogen) atoms. The number of aliphatic hydroxyl groups is 1. The Morgan fingerprint density at radius 1 is 1.27 bits per heavy atom. The predicted octanol–water partition coefficient (Wildman–Crippen LogP) is 4.38. The van der Waals surface area contributed by atoms with Crippen molar-refractivity contribution >= 4 is 11.6 Å². The van der Waals surface area contributed by atoms with Gasteiger partial charge in [0.05, 0.1) is 13.5 Å². The van der Waals surface area contributed by atoms with Gasteiger partial charge in [0.1, 0.15) is 5.75 Å². The Hall–Kier alpha value is -2.61. The molecule has 0 spiro atoms. The fourth-order valence-electron chi connectivity index (χ4n) is 4.24. The summed E-state index contributed by atoms with van der Waals surface area (Å²) in [6.07, 6.45) is -5.80. The molecule has 4 rings (SSSR count). The number of anilines is 1. The van der Waals surface area contributed by atoms with Crippen LogP contribution in [-0.4, -0.2) is 30.8 Å². The summed E-state index contributed by atoms with van der Waals surface area (Å²) in [6.45, 7) is 0.398. The molecule has 8 heteroatoms. The van der Waals surface area contributed by atoms with E-state index in [-0.39, 0.29) is 17.9 Å². The first-order valence-corrected chi connectivity index (χ1v) is 9.70. The van der Waals surface area contributed by atoms with Gasteiger partial charge in [0.2, 0.25) is 11.5 Å². The lowest BCUT2D eigenvalue weighted by atomic mass is 9.70. The number of halogens is 4. The number of hydrogen-bond donors (Lipinski definition) is 1. The first-order chi connectivity index (χ1) is 14.2. The van der Waals surface area contributed by atoms with Crippen molar-refractivity contribution in [1.82, 2.24) is 0 Å². The van der Waals surface area contributed by atoms with Crippen molar-refractivity contribution in [2.24, 2.45) is 0 Å². The van der Waals surface area contributed by atoms with Gasteiger partial charge in [0, 0.05) is 17.8 Å². The van der Waals surface area contributed by atoms with Gasteiger partial charge in [0.25, 0.3) is 0 Å². The Morgan fingerprint density at radius 3 is 2.73 bits per heavy atom. The maximum absolute atomic E-state index is 14.4. The average Bonchev–Trinajstić information content (AvgIpc) is 2.93. The van der Waals surface area contributed by atoms with Crippen LogP contribution in [0.2, 0.25) is 0 Å². The molecular formula is C22H21F4NO3. The molecule has 0 saturated carbocycles. The Kier molecular flexibility index (Phi) is 5.00. The van der Waals surface area contributed by atoms with Crippen molar-refractivity contribution in [2.75, 3.05) is 18.6 Å². The average molecular weight is 423 g/mol. The highest BCUT2D eigenvalue weighted by molar-refractivity contribution is 5.96. The van der Waals surface area contributed by atoms with E-state index in [0.29, 0.717) is 42.8 Å². The molecule has 0 saturated heterocycles. The van der Waals surface area contributed by atoms with Gasteiger partial charge in [-0.3, -0.25) is 4.79 Å². The molecule has 1 amide bonds. The number of benzene rings is 2. The van der Waals surface area contributed by atoms with Crippen LogP contribution in [0.1, 0.15) is 41.3 Å². The number of hydrogen-bond acceptors (Lipinski definition) is 3. The molecule has 0 bridgehead atoms. The highest BCUT2D eigenvalue weighted by atomic mass is 19.4. The molecule has 1 heterocycles. The lowest BCUT2D eigenvalue weighted by Gasteiger charge is -2.44. The van der Waals surface area contributed by atoms with Crippen LogP contribution >= 0.6 is 0 Å². The second kappa shape index (κ2) is 7.27. The van der Waals surface area contributed by atoms with Crippen LogP contribution in [0.15, 0.2) is 36.4 Å². The van der Waals surface area contributed by atoms with Crippen molar-refractivity contribution < 1.29 is 32.2 Å². The van der Waals surface area contributed by atoms with Crippen LogP contribution in [0, 0.1) is 0 Å². The molecule has 2 unspecified atom stereocenters. The molecule has 4 nitrogen and oxygen atoms in total. The smallest absolute Gasteiger partial charge is 0.424 e. The zero-order valence-electron chi connectivity index (χ0n) is 16.3. The van der Waals surface area contributed by atoms with Gasteiger partial charge in [-0.2, -0.15) is 13.2 Å². The lowest BCUT2D eigenvalue weighted by molar-refractivity contribution is -0.302. The van der Waals surface area contributed by atoms with Crippen LogP contribution in [-0.2, 0) is 23.2 Å². The van der Waals surface area contributed by atoms with Gasteiger partial charge in [-0.1, -0.05) is 12.1 Å². The van der Waals surface area contributed by atoms with E-state index in [4.69, 9.17) is 4.74 Å².